The Hall–Kier alpha value is -0.910. The Labute approximate surface area is 112 Å². The molecule has 0 aliphatic carbocycles. The standard InChI is InChI=1S/C12H20N2O3S/c15-11(16)8-10-2-1-3-14(9-10)12(17)13-4-6-18-7-5-13/h10H,1-9H2,(H,15,16). The van der Waals surface area contributed by atoms with Crippen molar-refractivity contribution in [1.29, 1.82) is 0 Å². The van der Waals surface area contributed by atoms with Crippen LogP contribution in [0.25, 0.3) is 0 Å². The number of urea groups is 1. The van der Waals surface area contributed by atoms with Crippen LogP contribution in [0.15, 0.2) is 0 Å². The van der Waals surface area contributed by atoms with Gasteiger partial charge < -0.3 is 14.9 Å². The maximum atomic E-state index is 12.3. The number of rotatable bonds is 2. The lowest BCUT2D eigenvalue weighted by molar-refractivity contribution is -0.138. The van der Waals surface area contributed by atoms with Gasteiger partial charge in [-0.1, -0.05) is 0 Å². The van der Waals surface area contributed by atoms with Crippen molar-refractivity contribution < 1.29 is 14.7 Å². The van der Waals surface area contributed by atoms with Gasteiger partial charge in [-0.25, -0.2) is 4.79 Å². The van der Waals surface area contributed by atoms with Crippen molar-refractivity contribution in [3.05, 3.63) is 0 Å². The van der Waals surface area contributed by atoms with Gasteiger partial charge in [-0.15, -0.1) is 0 Å². The fraction of sp³-hybridized carbons (Fsp3) is 0.833. The number of carbonyl (C=O) groups excluding carboxylic acids is 1. The molecule has 18 heavy (non-hydrogen) atoms. The third-order valence-corrected chi connectivity index (χ3v) is 4.48. The van der Waals surface area contributed by atoms with Crippen LogP contribution in [0.4, 0.5) is 4.79 Å². The van der Waals surface area contributed by atoms with Gasteiger partial charge in [0.1, 0.15) is 0 Å². The molecule has 2 aliphatic rings. The first-order chi connectivity index (χ1) is 8.66. The van der Waals surface area contributed by atoms with E-state index in [0.29, 0.717) is 6.54 Å². The maximum absolute atomic E-state index is 12.3. The zero-order chi connectivity index (χ0) is 13.0. The van der Waals surface area contributed by atoms with Crippen molar-refractivity contribution in [2.45, 2.75) is 19.3 Å². The van der Waals surface area contributed by atoms with E-state index in [1.807, 2.05) is 21.6 Å². The molecule has 2 heterocycles. The largest absolute Gasteiger partial charge is 0.481 e. The third kappa shape index (κ3) is 3.54. The number of thioether (sulfide) groups is 1. The number of carboxylic acids is 1. The van der Waals surface area contributed by atoms with Crippen LogP contribution in [0, 0.1) is 5.92 Å². The van der Waals surface area contributed by atoms with Crippen molar-refractivity contribution >= 4 is 23.8 Å². The van der Waals surface area contributed by atoms with Crippen LogP contribution >= 0.6 is 11.8 Å². The number of amides is 2. The summed E-state index contributed by atoms with van der Waals surface area (Å²) >= 11 is 1.88. The van der Waals surface area contributed by atoms with Crippen molar-refractivity contribution in [1.82, 2.24) is 9.80 Å². The summed E-state index contributed by atoms with van der Waals surface area (Å²) in [4.78, 5) is 26.8. The van der Waals surface area contributed by atoms with Crippen molar-refractivity contribution in [3.63, 3.8) is 0 Å². The minimum absolute atomic E-state index is 0.102. The quantitative estimate of drug-likeness (QED) is 0.824. The summed E-state index contributed by atoms with van der Waals surface area (Å²) in [6.45, 7) is 3.03. The molecular weight excluding hydrogens is 252 g/mol. The summed E-state index contributed by atoms with van der Waals surface area (Å²) in [5, 5.41) is 8.82. The molecule has 2 aliphatic heterocycles. The van der Waals surface area contributed by atoms with Crippen molar-refractivity contribution in [3.8, 4) is 0 Å². The van der Waals surface area contributed by atoms with E-state index in [4.69, 9.17) is 5.11 Å². The summed E-state index contributed by atoms with van der Waals surface area (Å²) in [6.07, 6.45) is 2.03. The summed E-state index contributed by atoms with van der Waals surface area (Å²) in [6, 6.07) is 0.102. The Kier molecular flexibility index (Phi) is 4.74. The van der Waals surface area contributed by atoms with Gasteiger partial charge in [0.2, 0.25) is 0 Å². The second-order valence-corrected chi connectivity index (χ2v) is 6.16. The lowest BCUT2D eigenvalue weighted by Gasteiger charge is -2.37. The molecule has 5 nitrogen and oxygen atoms in total. The minimum atomic E-state index is -0.760. The molecule has 2 saturated heterocycles. The van der Waals surface area contributed by atoms with Crippen LogP contribution in [-0.2, 0) is 4.79 Å². The van der Waals surface area contributed by atoms with Crippen LogP contribution in [0.1, 0.15) is 19.3 Å². The summed E-state index contributed by atoms with van der Waals surface area (Å²) in [5.41, 5.74) is 0. The Morgan fingerprint density at radius 1 is 1.17 bits per heavy atom. The third-order valence-electron chi connectivity index (χ3n) is 3.53. The summed E-state index contributed by atoms with van der Waals surface area (Å²) in [7, 11) is 0. The van der Waals surface area contributed by atoms with E-state index in [1.165, 1.54) is 0 Å². The van der Waals surface area contributed by atoms with E-state index in [1.54, 1.807) is 0 Å². The van der Waals surface area contributed by atoms with Crippen LogP contribution in [0.2, 0.25) is 0 Å². The van der Waals surface area contributed by atoms with Gasteiger partial charge in [-0.2, -0.15) is 11.8 Å². The molecule has 2 fully saturated rings. The van der Waals surface area contributed by atoms with Crippen LogP contribution in [0.3, 0.4) is 0 Å². The van der Waals surface area contributed by atoms with E-state index in [2.05, 4.69) is 0 Å². The first-order valence-corrected chi connectivity index (χ1v) is 7.65. The second kappa shape index (κ2) is 6.31. The van der Waals surface area contributed by atoms with E-state index in [-0.39, 0.29) is 18.4 Å². The number of carbonyl (C=O) groups is 2. The van der Waals surface area contributed by atoms with Gasteiger partial charge in [-0.3, -0.25) is 4.79 Å². The monoisotopic (exact) mass is 272 g/mol. The van der Waals surface area contributed by atoms with Crippen LogP contribution < -0.4 is 0 Å². The molecule has 1 unspecified atom stereocenters. The minimum Gasteiger partial charge on any atom is -0.481 e. The number of aliphatic carboxylic acids is 1. The average molecular weight is 272 g/mol. The molecule has 0 aromatic rings. The molecule has 0 spiro atoms. The van der Waals surface area contributed by atoms with E-state index in [9.17, 15) is 9.59 Å². The molecule has 2 amide bonds. The van der Waals surface area contributed by atoms with Crippen molar-refractivity contribution in [2.24, 2.45) is 5.92 Å². The number of nitrogens with zero attached hydrogens (tertiary/aromatic N) is 2. The molecule has 0 aromatic heterocycles. The molecule has 2 rings (SSSR count). The highest BCUT2D eigenvalue weighted by atomic mass is 32.2. The molecular formula is C12H20N2O3S. The van der Waals surface area contributed by atoms with Gasteiger partial charge >= 0.3 is 12.0 Å². The Morgan fingerprint density at radius 3 is 2.56 bits per heavy atom. The van der Waals surface area contributed by atoms with Crippen molar-refractivity contribution in [2.75, 3.05) is 37.7 Å². The zero-order valence-electron chi connectivity index (χ0n) is 10.5. The predicted molar refractivity (Wildman–Crippen MR) is 70.8 cm³/mol. The topological polar surface area (TPSA) is 60.9 Å². The van der Waals surface area contributed by atoms with Gasteiger partial charge in [0.05, 0.1) is 0 Å². The molecule has 0 aromatic carbocycles. The summed E-state index contributed by atoms with van der Waals surface area (Å²) < 4.78 is 0. The fourth-order valence-electron chi connectivity index (χ4n) is 2.61. The van der Waals surface area contributed by atoms with E-state index < -0.39 is 5.97 Å². The zero-order valence-corrected chi connectivity index (χ0v) is 11.3. The molecule has 1 atom stereocenters. The lowest BCUT2D eigenvalue weighted by Crippen LogP contribution is -2.50. The molecule has 1 N–H and O–H groups in total. The van der Waals surface area contributed by atoms with Crippen LogP contribution in [-0.4, -0.2) is 64.6 Å². The smallest absolute Gasteiger partial charge is 0.320 e. The average Bonchev–Trinajstić information content (AvgIpc) is 2.38. The molecule has 0 radical (unpaired) electrons. The predicted octanol–water partition coefficient (Wildman–Crippen LogP) is 1.34. The highest BCUT2D eigenvalue weighted by Crippen LogP contribution is 2.21. The number of piperidine rings is 1. The van der Waals surface area contributed by atoms with E-state index >= 15 is 0 Å². The molecule has 6 heteroatoms. The number of hydrogen-bond acceptors (Lipinski definition) is 3. The number of carboxylic acid groups (broad SMARTS) is 1. The Balaban J connectivity index is 1.87. The van der Waals surface area contributed by atoms with E-state index in [0.717, 1.165) is 44.0 Å². The second-order valence-electron chi connectivity index (χ2n) is 4.93. The molecule has 0 saturated carbocycles. The highest BCUT2D eigenvalue weighted by Gasteiger charge is 2.28. The summed E-state index contributed by atoms with van der Waals surface area (Å²) in [5.74, 6) is 1.39. The van der Waals surface area contributed by atoms with Gasteiger partial charge in [0, 0.05) is 44.1 Å². The van der Waals surface area contributed by atoms with Crippen LogP contribution in [0.5, 0.6) is 0 Å². The Morgan fingerprint density at radius 2 is 1.89 bits per heavy atom. The normalized spacial score (nSPS) is 25.0. The number of hydrogen-bond donors (Lipinski definition) is 1. The van der Waals surface area contributed by atoms with Gasteiger partial charge in [0.25, 0.3) is 0 Å². The first-order valence-electron chi connectivity index (χ1n) is 6.50. The first kappa shape index (κ1) is 13.5. The highest BCUT2D eigenvalue weighted by molar-refractivity contribution is 7.99. The number of likely N-dealkylation sites (tertiary alicyclic amines) is 1. The van der Waals surface area contributed by atoms with Gasteiger partial charge in [0.15, 0.2) is 0 Å². The Bertz CT molecular complexity index is 318. The molecule has 102 valence electrons. The lowest BCUT2D eigenvalue weighted by atomic mass is 9.95. The fourth-order valence-corrected chi connectivity index (χ4v) is 3.51. The maximum Gasteiger partial charge on any atom is 0.320 e. The molecule has 0 bridgehead atoms. The SMILES string of the molecule is O=C(O)CC1CCCN(C(=O)N2CCSCC2)C1. The van der Waals surface area contributed by atoms with Gasteiger partial charge in [-0.05, 0) is 18.8 Å².